The number of amides is 1. The Bertz CT molecular complexity index is 1520. The van der Waals surface area contributed by atoms with Gasteiger partial charge in [-0.1, -0.05) is 6.07 Å². The molecule has 7 nitrogen and oxygen atoms in total. The SMILES string of the molecule is COc1cccc(C(=O)Nc2ccn3nc4c5ccc(F)cc5[nH]c(=O)c4c3c2)c1. The van der Waals surface area contributed by atoms with Crippen LogP contribution in [0.5, 0.6) is 5.75 Å². The molecule has 0 aliphatic heterocycles. The highest BCUT2D eigenvalue weighted by atomic mass is 19.1. The van der Waals surface area contributed by atoms with E-state index >= 15 is 0 Å². The van der Waals surface area contributed by atoms with Gasteiger partial charge in [-0.2, -0.15) is 5.10 Å². The minimum atomic E-state index is -0.441. The molecule has 0 saturated heterocycles. The number of aromatic nitrogens is 3. The summed E-state index contributed by atoms with van der Waals surface area (Å²) in [6, 6.07) is 14.3. The molecular formula is C22H15FN4O3. The molecule has 3 aromatic heterocycles. The molecule has 1 amide bonds. The maximum atomic E-state index is 13.5. The third-order valence-electron chi connectivity index (χ3n) is 4.94. The normalized spacial score (nSPS) is 11.3. The molecule has 0 spiro atoms. The van der Waals surface area contributed by atoms with Crippen LogP contribution < -0.4 is 15.6 Å². The summed E-state index contributed by atoms with van der Waals surface area (Å²) in [7, 11) is 1.53. The van der Waals surface area contributed by atoms with Gasteiger partial charge in [0, 0.05) is 22.8 Å². The van der Waals surface area contributed by atoms with Gasteiger partial charge in [0.1, 0.15) is 17.1 Å². The van der Waals surface area contributed by atoms with Crippen LogP contribution in [0, 0.1) is 5.82 Å². The van der Waals surface area contributed by atoms with Crippen molar-refractivity contribution in [3.63, 3.8) is 0 Å². The van der Waals surface area contributed by atoms with Gasteiger partial charge in [-0.15, -0.1) is 0 Å². The van der Waals surface area contributed by atoms with Gasteiger partial charge in [0.2, 0.25) is 0 Å². The van der Waals surface area contributed by atoms with Crippen LogP contribution in [-0.2, 0) is 0 Å². The Hall–Kier alpha value is -4.20. The Morgan fingerprint density at radius 1 is 1.17 bits per heavy atom. The highest BCUT2D eigenvalue weighted by molar-refractivity contribution is 6.10. The molecule has 0 radical (unpaired) electrons. The average Bonchev–Trinajstić information content (AvgIpc) is 3.13. The zero-order valence-electron chi connectivity index (χ0n) is 15.8. The predicted octanol–water partition coefficient (Wildman–Crippen LogP) is 3.73. The van der Waals surface area contributed by atoms with Crippen molar-refractivity contribution in [3.05, 3.63) is 82.5 Å². The molecule has 0 saturated carbocycles. The van der Waals surface area contributed by atoms with Crippen molar-refractivity contribution in [2.24, 2.45) is 0 Å². The van der Waals surface area contributed by atoms with E-state index in [-0.39, 0.29) is 11.5 Å². The number of H-pyrrole nitrogens is 1. The number of ether oxygens (including phenoxy) is 1. The Kier molecular flexibility index (Phi) is 3.99. The van der Waals surface area contributed by atoms with Gasteiger partial charge >= 0.3 is 0 Å². The lowest BCUT2D eigenvalue weighted by atomic mass is 10.1. The molecule has 5 rings (SSSR count). The minimum absolute atomic E-state index is 0.308. The van der Waals surface area contributed by atoms with Crippen molar-refractivity contribution in [3.8, 4) is 5.75 Å². The average molecular weight is 402 g/mol. The summed E-state index contributed by atoms with van der Waals surface area (Å²) in [5.41, 5.74) is 1.94. The lowest BCUT2D eigenvalue weighted by molar-refractivity contribution is 0.102. The second kappa shape index (κ2) is 6.70. The standard InChI is InChI=1S/C22H15FN4O3/c1-30-15-4-2-3-12(9-15)21(28)24-14-7-8-27-18(11-14)19-20(26-27)16-6-5-13(23)10-17(16)25-22(19)29/h2-11H,1H3,(H,24,28)(H,25,29). The molecule has 0 unspecified atom stereocenters. The van der Waals surface area contributed by atoms with Crippen molar-refractivity contribution in [1.82, 2.24) is 14.6 Å². The molecule has 0 fully saturated rings. The molecule has 5 aromatic rings. The first-order chi connectivity index (χ1) is 14.5. The summed E-state index contributed by atoms with van der Waals surface area (Å²) in [6.45, 7) is 0. The molecule has 30 heavy (non-hydrogen) atoms. The van der Waals surface area contributed by atoms with E-state index in [0.717, 1.165) is 0 Å². The van der Waals surface area contributed by atoms with E-state index in [1.807, 2.05) is 0 Å². The molecule has 2 N–H and O–H groups in total. The van der Waals surface area contributed by atoms with Gasteiger partial charge in [-0.25, -0.2) is 8.91 Å². The third-order valence-corrected chi connectivity index (χ3v) is 4.94. The molecule has 0 aliphatic carbocycles. The van der Waals surface area contributed by atoms with E-state index in [1.165, 1.54) is 19.2 Å². The minimum Gasteiger partial charge on any atom is -0.497 e. The van der Waals surface area contributed by atoms with Gasteiger partial charge < -0.3 is 15.0 Å². The van der Waals surface area contributed by atoms with Crippen molar-refractivity contribution in [1.29, 1.82) is 0 Å². The first kappa shape index (κ1) is 17.9. The number of nitrogens with zero attached hydrogens (tertiary/aromatic N) is 2. The van der Waals surface area contributed by atoms with E-state index < -0.39 is 5.82 Å². The first-order valence-electron chi connectivity index (χ1n) is 9.12. The number of aromatic amines is 1. The van der Waals surface area contributed by atoms with Crippen LogP contribution in [0.1, 0.15) is 10.4 Å². The number of halogens is 1. The highest BCUT2D eigenvalue weighted by Gasteiger charge is 2.15. The number of methoxy groups -OCH3 is 1. The number of anilines is 1. The van der Waals surface area contributed by atoms with Crippen LogP contribution in [0.25, 0.3) is 27.3 Å². The third kappa shape index (κ3) is 2.86. The van der Waals surface area contributed by atoms with Crippen LogP contribution in [0.2, 0.25) is 0 Å². The lowest BCUT2D eigenvalue weighted by Crippen LogP contribution is -2.12. The molecule has 3 heterocycles. The van der Waals surface area contributed by atoms with Gasteiger partial charge in [0.15, 0.2) is 0 Å². The number of hydrogen-bond donors (Lipinski definition) is 2. The zero-order chi connectivity index (χ0) is 20.8. The molecule has 0 aliphatic rings. The van der Waals surface area contributed by atoms with E-state index in [4.69, 9.17) is 4.74 Å². The Morgan fingerprint density at radius 3 is 2.87 bits per heavy atom. The molecule has 0 bridgehead atoms. The van der Waals surface area contributed by atoms with Crippen molar-refractivity contribution in [2.75, 3.05) is 12.4 Å². The van der Waals surface area contributed by atoms with Crippen LogP contribution in [0.3, 0.4) is 0 Å². The molecule has 2 aromatic carbocycles. The van der Waals surface area contributed by atoms with E-state index in [1.54, 1.807) is 53.2 Å². The molecule has 0 atom stereocenters. The van der Waals surface area contributed by atoms with Crippen LogP contribution in [-0.4, -0.2) is 27.6 Å². The van der Waals surface area contributed by atoms with Gasteiger partial charge in [0.05, 0.1) is 23.5 Å². The van der Waals surface area contributed by atoms with Gasteiger partial charge in [-0.05, 0) is 48.5 Å². The largest absolute Gasteiger partial charge is 0.497 e. The number of carbonyl (C=O) groups is 1. The summed E-state index contributed by atoms with van der Waals surface area (Å²) in [5.74, 6) is -0.171. The van der Waals surface area contributed by atoms with Crippen LogP contribution >= 0.6 is 0 Å². The van der Waals surface area contributed by atoms with Gasteiger partial charge in [-0.3, -0.25) is 9.59 Å². The fourth-order valence-corrected chi connectivity index (χ4v) is 3.51. The number of fused-ring (bicyclic) bond motifs is 5. The quantitative estimate of drug-likeness (QED) is 0.481. The van der Waals surface area contributed by atoms with Crippen molar-refractivity contribution >= 4 is 38.9 Å². The predicted molar refractivity (Wildman–Crippen MR) is 112 cm³/mol. The summed E-state index contributed by atoms with van der Waals surface area (Å²) in [6.07, 6.45) is 1.66. The number of carbonyl (C=O) groups excluding carboxylic acids is 1. The number of benzene rings is 2. The van der Waals surface area contributed by atoms with E-state index in [2.05, 4.69) is 15.4 Å². The number of nitrogens with one attached hydrogen (secondary N) is 2. The fraction of sp³-hybridized carbons (Fsp3) is 0.0455. The summed E-state index contributed by atoms with van der Waals surface area (Å²) in [5, 5.41) is 8.31. The van der Waals surface area contributed by atoms with Crippen LogP contribution in [0.15, 0.2) is 65.6 Å². The summed E-state index contributed by atoms with van der Waals surface area (Å²) >= 11 is 0. The zero-order valence-corrected chi connectivity index (χ0v) is 15.8. The van der Waals surface area contributed by atoms with E-state index in [0.29, 0.717) is 44.3 Å². The summed E-state index contributed by atoms with van der Waals surface area (Å²) < 4.78 is 20.3. The number of pyridine rings is 2. The Labute approximate surface area is 168 Å². The van der Waals surface area contributed by atoms with Crippen molar-refractivity contribution < 1.29 is 13.9 Å². The summed E-state index contributed by atoms with van der Waals surface area (Å²) in [4.78, 5) is 28.0. The maximum Gasteiger partial charge on any atom is 0.260 e. The van der Waals surface area contributed by atoms with E-state index in [9.17, 15) is 14.0 Å². The lowest BCUT2D eigenvalue weighted by Gasteiger charge is -2.07. The maximum absolute atomic E-state index is 13.5. The molecule has 148 valence electrons. The molecule has 8 heteroatoms. The van der Waals surface area contributed by atoms with Crippen LogP contribution in [0.4, 0.5) is 10.1 Å². The smallest absolute Gasteiger partial charge is 0.260 e. The van der Waals surface area contributed by atoms with Gasteiger partial charge in [0.25, 0.3) is 11.5 Å². The molecular weight excluding hydrogens is 387 g/mol. The second-order valence-electron chi connectivity index (χ2n) is 6.80. The number of rotatable bonds is 3. The number of hydrogen-bond acceptors (Lipinski definition) is 4. The first-order valence-corrected chi connectivity index (χ1v) is 9.12. The second-order valence-corrected chi connectivity index (χ2v) is 6.80. The Balaban J connectivity index is 1.61. The topological polar surface area (TPSA) is 88.5 Å². The fourth-order valence-electron chi connectivity index (χ4n) is 3.51. The van der Waals surface area contributed by atoms with Crippen molar-refractivity contribution in [2.45, 2.75) is 0 Å². The monoisotopic (exact) mass is 402 g/mol. The highest BCUT2D eigenvalue weighted by Crippen LogP contribution is 2.26. The Morgan fingerprint density at radius 2 is 2.03 bits per heavy atom.